The fourth-order valence-corrected chi connectivity index (χ4v) is 1.28. The lowest BCUT2D eigenvalue weighted by Gasteiger charge is -2.07. The first-order valence-corrected chi connectivity index (χ1v) is 4.66. The minimum Gasteiger partial charge on any atom is -0.396 e. The van der Waals surface area contributed by atoms with E-state index in [1.54, 1.807) is 11.8 Å². The highest BCUT2D eigenvalue weighted by Crippen LogP contribution is 2.12. The lowest BCUT2D eigenvalue weighted by molar-refractivity contribution is 0.198. The zero-order valence-electron chi connectivity index (χ0n) is 6.67. The van der Waals surface area contributed by atoms with Crippen LogP contribution in [0, 0.1) is 0 Å². The van der Waals surface area contributed by atoms with Crippen LogP contribution >= 0.6 is 11.8 Å². The monoisotopic (exact) mass is 164 g/mol. The van der Waals surface area contributed by atoms with Crippen LogP contribution in [0.3, 0.4) is 0 Å². The van der Waals surface area contributed by atoms with Crippen LogP contribution in [-0.2, 0) is 4.74 Å². The summed E-state index contributed by atoms with van der Waals surface area (Å²) >= 11 is 1.74. The summed E-state index contributed by atoms with van der Waals surface area (Å²) in [5.41, 5.74) is 0. The minimum absolute atomic E-state index is 0.278. The zero-order chi connectivity index (χ0) is 7.82. The van der Waals surface area contributed by atoms with Gasteiger partial charge in [0.15, 0.2) is 0 Å². The highest BCUT2D eigenvalue weighted by Gasteiger charge is 1.99. The number of hydrogen-bond acceptors (Lipinski definition) is 3. The summed E-state index contributed by atoms with van der Waals surface area (Å²) in [6.45, 7) is 5.14. The first kappa shape index (κ1) is 10.3. The molecular formula is C7H16O2S. The van der Waals surface area contributed by atoms with E-state index in [4.69, 9.17) is 9.84 Å². The van der Waals surface area contributed by atoms with Gasteiger partial charge >= 0.3 is 0 Å². The topological polar surface area (TPSA) is 29.5 Å². The summed E-state index contributed by atoms with van der Waals surface area (Å²) in [6.07, 6.45) is 0.859. The second-order valence-corrected chi connectivity index (χ2v) is 3.47. The van der Waals surface area contributed by atoms with Crippen molar-refractivity contribution in [2.75, 3.05) is 19.2 Å². The summed E-state index contributed by atoms with van der Waals surface area (Å²) in [5, 5.41) is 9.05. The molecule has 0 radical (unpaired) electrons. The van der Waals surface area contributed by atoms with E-state index in [0.717, 1.165) is 19.0 Å². The lowest BCUT2D eigenvalue weighted by Crippen LogP contribution is -2.02. The second kappa shape index (κ2) is 7.38. The molecule has 0 aromatic heterocycles. The molecule has 62 valence electrons. The molecule has 0 rings (SSSR count). The standard InChI is InChI=1S/C7H16O2S/c1-3-9-6-10-7(2)4-5-8/h7-8H,3-6H2,1-2H3. The highest BCUT2D eigenvalue weighted by molar-refractivity contribution is 7.99. The minimum atomic E-state index is 0.278. The Morgan fingerprint density at radius 3 is 2.80 bits per heavy atom. The van der Waals surface area contributed by atoms with Gasteiger partial charge in [-0.15, -0.1) is 11.8 Å². The Bertz CT molecular complexity index is 68.6. The zero-order valence-corrected chi connectivity index (χ0v) is 7.49. The van der Waals surface area contributed by atoms with Crippen molar-refractivity contribution in [3.05, 3.63) is 0 Å². The molecule has 2 nitrogen and oxygen atoms in total. The molecule has 0 bridgehead atoms. The van der Waals surface area contributed by atoms with Crippen molar-refractivity contribution < 1.29 is 9.84 Å². The van der Waals surface area contributed by atoms with Crippen molar-refractivity contribution >= 4 is 11.8 Å². The SMILES string of the molecule is CCOCSC(C)CCO. The number of rotatable bonds is 6. The first-order chi connectivity index (χ1) is 4.81. The molecule has 0 aromatic carbocycles. The molecule has 0 spiro atoms. The van der Waals surface area contributed by atoms with Gasteiger partial charge in [-0.2, -0.15) is 0 Å². The maximum atomic E-state index is 8.54. The molecule has 0 aliphatic carbocycles. The van der Waals surface area contributed by atoms with Crippen LogP contribution in [0.1, 0.15) is 20.3 Å². The van der Waals surface area contributed by atoms with E-state index >= 15 is 0 Å². The van der Waals surface area contributed by atoms with E-state index in [2.05, 4.69) is 6.92 Å². The van der Waals surface area contributed by atoms with Gasteiger partial charge in [-0.1, -0.05) is 6.92 Å². The van der Waals surface area contributed by atoms with E-state index in [-0.39, 0.29) is 6.61 Å². The van der Waals surface area contributed by atoms with E-state index in [1.807, 2.05) is 6.92 Å². The Morgan fingerprint density at radius 1 is 1.60 bits per heavy atom. The molecule has 0 aromatic rings. The highest BCUT2D eigenvalue weighted by atomic mass is 32.2. The molecular weight excluding hydrogens is 148 g/mol. The quantitative estimate of drug-likeness (QED) is 0.476. The van der Waals surface area contributed by atoms with Gasteiger partial charge in [0, 0.05) is 18.5 Å². The molecule has 10 heavy (non-hydrogen) atoms. The van der Waals surface area contributed by atoms with E-state index in [1.165, 1.54) is 0 Å². The van der Waals surface area contributed by atoms with Crippen LogP contribution < -0.4 is 0 Å². The Morgan fingerprint density at radius 2 is 2.30 bits per heavy atom. The normalized spacial score (nSPS) is 13.5. The van der Waals surface area contributed by atoms with Gasteiger partial charge < -0.3 is 9.84 Å². The molecule has 1 atom stereocenters. The Labute approximate surface area is 67.0 Å². The van der Waals surface area contributed by atoms with Crippen LogP contribution in [0.2, 0.25) is 0 Å². The molecule has 0 fully saturated rings. The third kappa shape index (κ3) is 6.39. The Kier molecular flexibility index (Phi) is 7.58. The number of aliphatic hydroxyl groups is 1. The van der Waals surface area contributed by atoms with E-state index < -0.39 is 0 Å². The van der Waals surface area contributed by atoms with Crippen molar-refractivity contribution in [3.63, 3.8) is 0 Å². The number of ether oxygens (including phenoxy) is 1. The van der Waals surface area contributed by atoms with E-state index in [0.29, 0.717) is 5.25 Å². The van der Waals surface area contributed by atoms with Crippen molar-refractivity contribution in [2.45, 2.75) is 25.5 Å². The second-order valence-electron chi connectivity index (χ2n) is 2.10. The fraction of sp³-hybridized carbons (Fsp3) is 1.00. The molecule has 0 aliphatic heterocycles. The maximum absolute atomic E-state index is 8.54. The fourth-order valence-electron chi connectivity index (χ4n) is 0.513. The van der Waals surface area contributed by atoms with Crippen LogP contribution in [0.25, 0.3) is 0 Å². The number of aliphatic hydroxyl groups excluding tert-OH is 1. The predicted octanol–water partition coefficient (Wildman–Crippen LogP) is 1.48. The largest absolute Gasteiger partial charge is 0.396 e. The summed E-state index contributed by atoms with van der Waals surface area (Å²) in [6, 6.07) is 0. The van der Waals surface area contributed by atoms with Gasteiger partial charge in [-0.3, -0.25) is 0 Å². The molecule has 0 heterocycles. The Hall–Kier alpha value is 0.270. The van der Waals surface area contributed by atoms with Gasteiger partial charge in [-0.25, -0.2) is 0 Å². The van der Waals surface area contributed by atoms with Crippen molar-refractivity contribution in [1.82, 2.24) is 0 Å². The maximum Gasteiger partial charge on any atom is 0.0923 e. The number of hydrogen-bond donors (Lipinski definition) is 1. The van der Waals surface area contributed by atoms with Gasteiger partial charge in [0.2, 0.25) is 0 Å². The van der Waals surface area contributed by atoms with Gasteiger partial charge in [0.25, 0.3) is 0 Å². The van der Waals surface area contributed by atoms with Crippen molar-refractivity contribution in [3.8, 4) is 0 Å². The van der Waals surface area contributed by atoms with Crippen LogP contribution in [0.4, 0.5) is 0 Å². The molecule has 1 unspecified atom stereocenters. The smallest absolute Gasteiger partial charge is 0.0923 e. The van der Waals surface area contributed by atoms with Gasteiger partial charge in [0.1, 0.15) is 0 Å². The average molecular weight is 164 g/mol. The molecule has 0 amide bonds. The van der Waals surface area contributed by atoms with Crippen LogP contribution in [-0.4, -0.2) is 29.5 Å². The van der Waals surface area contributed by atoms with Crippen LogP contribution in [0.15, 0.2) is 0 Å². The Balaban J connectivity index is 2.97. The lowest BCUT2D eigenvalue weighted by atomic mass is 10.4. The molecule has 0 saturated carbocycles. The van der Waals surface area contributed by atoms with Gasteiger partial charge in [-0.05, 0) is 13.3 Å². The average Bonchev–Trinajstić information content (AvgIpc) is 1.89. The third-order valence-corrected chi connectivity index (χ3v) is 2.28. The van der Waals surface area contributed by atoms with E-state index in [9.17, 15) is 0 Å². The summed E-state index contributed by atoms with van der Waals surface area (Å²) < 4.78 is 5.13. The van der Waals surface area contributed by atoms with Crippen molar-refractivity contribution in [2.24, 2.45) is 0 Å². The first-order valence-electron chi connectivity index (χ1n) is 3.61. The van der Waals surface area contributed by atoms with Gasteiger partial charge in [0.05, 0.1) is 5.94 Å². The van der Waals surface area contributed by atoms with Crippen LogP contribution in [0.5, 0.6) is 0 Å². The molecule has 1 N–H and O–H groups in total. The molecule has 3 heteroatoms. The third-order valence-electron chi connectivity index (χ3n) is 1.18. The number of thioether (sulfide) groups is 1. The summed E-state index contributed by atoms with van der Waals surface area (Å²) in [7, 11) is 0. The van der Waals surface area contributed by atoms with Crippen molar-refractivity contribution in [1.29, 1.82) is 0 Å². The molecule has 0 aliphatic rings. The summed E-state index contributed by atoms with van der Waals surface area (Å²) in [4.78, 5) is 0. The predicted molar refractivity (Wildman–Crippen MR) is 45.2 cm³/mol. The summed E-state index contributed by atoms with van der Waals surface area (Å²) in [5.74, 6) is 0.748. The molecule has 0 saturated heterocycles.